The van der Waals surface area contributed by atoms with Crippen molar-refractivity contribution in [3.63, 3.8) is 0 Å². The van der Waals surface area contributed by atoms with Crippen molar-refractivity contribution in [2.45, 2.75) is 77.3 Å². The molecule has 0 aromatic heterocycles. The molecule has 0 amide bonds. The van der Waals surface area contributed by atoms with Crippen LogP contribution in [0.1, 0.15) is 53.4 Å². The molecule has 138 valence electrons. The Hall–Kier alpha value is -1.62. The summed E-state index contributed by atoms with van der Waals surface area (Å²) < 4.78 is 17.4. The third kappa shape index (κ3) is 3.26. The van der Waals surface area contributed by atoms with Crippen molar-refractivity contribution in [1.82, 2.24) is 0 Å². The lowest BCUT2D eigenvalue weighted by Crippen LogP contribution is -2.39. The molecule has 6 atom stereocenters. The minimum Gasteiger partial charge on any atom is -0.459 e. The molecule has 0 radical (unpaired) electrons. The zero-order chi connectivity index (χ0) is 18.4. The second kappa shape index (κ2) is 6.60. The van der Waals surface area contributed by atoms with Crippen LogP contribution in [0.25, 0.3) is 0 Å². The van der Waals surface area contributed by atoms with Crippen molar-refractivity contribution in [2.75, 3.05) is 0 Å². The van der Waals surface area contributed by atoms with Gasteiger partial charge in [-0.2, -0.15) is 0 Å². The number of hydrogen-bond acceptors (Lipinski definition) is 5. The molecule has 5 heteroatoms. The average molecular weight is 348 g/mol. The van der Waals surface area contributed by atoms with Crippen molar-refractivity contribution in [2.24, 2.45) is 11.8 Å². The van der Waals surface area contributed by atoms with Crippen LogP contribution in [0.2, 0.25) is 0 Å². The number of ether oxygens (including phenoxy) is 3. The molecule has 3 aliphatic rings. The van der Waals surface area contributed by atoms with Gasteiger partial charge in [0, 0.05) is 17.9 Å². The molecule has 2 fully saturated rings. The molecule has 2 heterocycles. The molecule has 0 spiro atoms. The first-order valence-electron chi connectivity index (χ1n) is 9.21. The van der Waals surface area contributed by atoms with Gasteiger partial charge in [0.15, 0.2) is 0 Å². The van der Waals surface area contributed by atoms with E-state index < -0.39 is 5.60 Å². The highest BCUT2D eigenvalue weighted by Crippen LogP contribution is 2.50. The van der Waals surface area contributed by atoms with Crippen LogP contribution in [0.4, 0.5) is 0 Å². The second-order valence-electron chi connectivity index (χ2n) is 7.78. The maximum Gasteiger partial charge on any atom is 0.334 e. The van der Waals surface area contributed by atoms with Gasteiger partial charge in [-0.15, -0.1) is 0 Å². The van der Waals surface area contributed by atoms with Gasteiger partial charge >= 0.3 is 11.9 Å². The highest BCUT2D eigenvalue weighted by molar-refractivity contribution is 5.91. The molecule has 1 aliphatic carbocycles. The third-order valence-corrected chi connectivity index (χ3v) is 5.98. The molecule has 0 saturated carbocycles. The van der Waals surface area contributed by atoms with Gasteiger partial charge in [0.05, 0.1) is 5.92 Å². The number of hydrogen-bond donors (Lipinski definition) is 0. The smallest absolute Gasteiger partial charge is 0.334 e. The number of allylic oxidation sites excluding steroid dienone is 1. The van der Waals surface area contributed by atoms with Crippen molar-refractivity contribution >= 4 is 11.9 Å². The lowest BCUT2D eigenvalue weighted by Gasteiger charge is -2.26. The summed E-state index contributed by atoms with van der Waals surface area (Å²) in [4.78, 5) is 24.3. The molecular weight excluding hydrogens is 320 g/mol. The fraction of sp³-hybridized carbons (Fsp3) is 0.700. The summed E-state index contributed by atoms with van der Waals surface area (Å²) in [5.41, 5.74) is 1.13. The fourth-order valence-corrected chi connectivity index (χ4v) is 3.75. The number of fused-ring (bicyclic) bond motifs is 3. The zero-order valence-corrected chi connectivity index (χ0v) is 15.5. The van der Waals surface area contributed by atoms with Gasteiger partial charge in [-0.25, -0.2) is 4.79 Å². The van der Waals surface area contributed by atoms with Gasteiger partial charge < -0.3 is 14.2 Å². The molecule has 2 aliphatic heterocycles. The fourth-order valence-electron chi connectivity index (χ4n) is 3.75. The maximum absolute atomic E-state index is 12.3. The highest BCUT2D eigenvalue weighted by atomic mass is 16.7. The van der Waals surface area contributed by atoms with Gasteiger partial charge in [-0.05, 0) is 33.1 Å². The Kier molecular flexibility index (Phi) is 4.80. The molecular formula is C20H28O5. The van der Waals surface area contributed by atoms with Crippen LogP contribution >= 0.6 is 0 Å². The van der Waals surface area contributed by atoms with Gasteiger partial charge in [-0.3, -0.25) is 4.79 Å². The Balaban J connectivity index is 1.85. The largest absolute Gasteiger partial charge is 0.459 e. The van der Waals surface area contributed by atoms with Gasteiger partial charge in [-0.1, -0.05) is 32.1 Å². The van der Waals surface area contributed by atoms with Crippen LogP contribution in [-0.4, -0.2) is 35.9 Å². The van der Waals surface area contributed by atoms with Crippen molar-refractivity contribution in [3.8, 4) is 0 Å². The summed E-state index contributed by atoms with van der Waals surface area (Å²) in [5, 5.41) is 0. The SMILES string of the molecule is C=C1C(=O)OC2C1CCC(C)=CCC(OC(=O)C(C)CC)C1(C)OC21. The average Bonchev–Trinajstić information content (AvgIpc) is 3.19. The summed E-state index contributed by atoms with van der Waals surface area (Å²) in [5.74, 6) is -0.706. The van der Waals surface area contributed by atoms with Crippen LogP contribution < -0.4 is 0 Å². The molecule has 0 aromatic rings. The van der Waals surface area contributed by atoms with Crippen LogP contribution in [0.3, 0.4) is 0 Å². The molecule has 5 nitrogen and oxygen atoms in total. The number of rotatable bonds is 3. The van der Waals surface area contributed by atoms with E-state index in [2.05, 4.69) is 19.6 Å². The predicted molar refractivity (Wildman–Crippen MR) is 92.7 cm³/mol. The van der Waals surface area contributed by atoms with E-state index in [9.17, 15) is 9.59 Å². The van der Waals surface area contributed by atoms with Crippen molar-refractivity contribution in [1.29, 1.82) is 0 Å². The van der Waals surface area contributed by atoms with Gasteiger partial charge in [0.25, 0.3) is 0 Å². The molecule has 2 saturated heterocycles. The Labute approximate surface area is 149 Å². The number of carbonyl (C=O) groups is 2. The lowest BCUT2D eigenvalue weighted by atomic mass is 9.83. The van der Waals surface area contributed by atoms with E-state index in [-0.39, 0.29) is 42.1 Å². The molecule has 0 bridgehead atoms. The maximum atomic E-state index is 12.3. The third-order valence-electron chi connectivity index (χ3n) is 5.98. The first kappa shape index (κ1) is 18.2. The molecule has 0 N–H and O–H groups in total. The topological polar surface area (TPSA) is 65.1 Å². The lowest BCUT2D eigenvalue weighted by molar-refractivity contribution is -0.157. The van der Waals surface area contributed by atoms with E-state index in [1.54, 1.807) is 0 Å². The normalized spacial score (nSPS) is 38.8. The Bertz CT molecular complexity index is 622. The van der Waals surface area contributed by atoms with Gasteiger partial charge in [0.1, 0.15) is 23.9 Å². The summed E-state index contributed by atoms with van der Waals surface area (Å²) in [6.07, 6.45) is 4.22. The van der Waals surface area contributed by atoms with Crippen LogP contribution in [0, 0.1) is 11.8 Å². The molecule has 3 rings (SSSR count). The quantitative estimate of drug-likeness (QED) is 0.339. The number of epoxide rings is 1. The van der Waals surface area contributed by atoms with Crippen molar-refractivity contribution in [3.05, 3.63) is 23.8 Å². The Morgan fingerprint density at radius 2 is 2.24 bits per heavy atom. The van der Waals surface area contributed by atoms with Crippen molar-refractivity contribution < 1.29 is 23.8 Å². The summed E-state index contributed by atoms with van der Waals surface area (Å²) in [6.45, 7) is 11.8. The van der Waals surface area contributed by atoms with Crippen LogP contribution in [-0.2, 0) is 23.8 Å². The summed E-state index contributed by atoms with van der Waals surface area (Å²) >= 11 is 0. The molecule has 6 unspecified atom stereocenters. The van der Waals surface area contributed by atoms with E-state index in [4.69, 9.17) is 14.2 Å². The molecule has 25 heavy (non-hydrogen) atoms. The van der Waals surface area contributed by atoms with E-state index >= 15 is 0 Å². The predicted octanol–water partition coefficient (Wildman–Crippen LogP) is 3.33. The minimum absolute atomic E-state index is 0.0355. The first-order valence-corrected chi connectivity index (χ1v) is 9.21. The van der Waals surface area contributed by atoms with Gasteiger partial charge in [0.2, 0.25) is 0 Å². The van der Waals surface area contributed by atoms with E-state index in [1.165, 1.54) is 5.57 Å². The first-order chi connectivity index (χ1) is 11.8. The van der Waals surface area contributed by atoms with E-state index in [0.717, 1.165) is 19.3 Å². The second-order valence-corrected chi connectivity index (χ2v) is 7.78. The monoisotopic (exact) mass is 348 g/mol. The summed E-state index contributed by atoms with van der Waals surface area (Å²) in [6, 6.07) is 0. The highest BCUT2D eigenvalue weighted by Gasteiger charge is 2.66. The zero-order valence-electron chi connectivity index (χ0n) is 15.5. The van der Waals surface area contributed by atoms with E-state index in [0.29, 0.717) is 12.0 Å². The minimum atomic E-state index is -0.620. The molecule has 0 aromatic carbocycles. The van der Waals surface area contributed by atoms with Crippen LogP contribution in [0.15, 0.2) is 23.8 Å². The van der Waals surface area contributed by atoms with Crippen LogP contribution in [0.5, 0.6) is 0 Å². The number of esters is 2. The van der Waals surface area contributed by atoms with E-state index in [1.807, 2.05) is 20.8 Å². The summed E-state index contributed by atoms with van der Waals surface area (Å²) in [7, 11) is 0. The number of carbonyl (C=O) groups excluding carboxylic acids is 2. The standard InChI is InChI=1S/C20H28O5/c1-6-12(3)18(21)23-15-10-8-11(2)7-9-14-13(4)19(22)24-16(14)17-20(15,5)25-17/h8,12,14-17H,4,6-7,9-10H2,1-3,5H3. The Morgan fingerprint density at radius 1 is 1.52 bits per heavy atom. The Morgan fingerprint density at radius 3 is 2.92 bits per heavy atom.